The van der Waals surface area contributed by atoms with Gasteiger partial charge in [-0.1, -0.05) is 46.7 Å². The first-order chi connectivity index (χ1) is 16.8. The highest BCUT2D eigenvalue weighted by Gasteiger charge is 2.48. The number of halogens is 2. The maximum Gasteiger partial charge on any atom is 0.301 e. The number of carbonyl (C=O) groups excluding carboxylic acids is 2. The molecule has 35 heavy (non-hydrogen) atoms. The summed E-state index contributed by atoms with van der Waals surface area (Å²) in [6.45, 7) is 0. The van der Waals surface area contributed by atoms with Crippen LogP contribution in [-0.4, -0.2) is 34.0 Å². The Labute approximate surface area is 213 Å². The number of carbonyl (C=O) groups is 2. The molecule has 1 amide bonds. The number of anilines is 1. The van der Waals surface area contributed by atoms with E-state index in [2.05, 4.69) is 4.98 Å². The highest BCUT2D eigenvalue weighted by Crippen LogP contribution is 2.45. The number of thiazole rings is 1. The van der Waals surface area contributed by atoms with E-state index < -0.39 is 23.5 Å². The molecule has 1 atom stereocenters. The Morgan fingerprint density at radius 2 is 1.71 bits per heavy atom. The summed E-state index contributed by atoms with van der Waals surface area (Å²) in [7, 11) is 1.42. The highest BCUT2D eigenvalue weighted by atomic mass is 35.5. The number of amides is 1. The minimum absolute atomic E-state index is 0.0110. The molecular weight excluding hydrogens is 511 g/mol. The lowest BCUT2D eigenvalue weighted by molar-refractivity contribution is -0.132. The summed E-state index contributed by atoms with van der Waals surface area (Å²) in [6.07, 6.45) is 0. The number of phenolic OH excluding ortho intramolecular Hbond substituents is 1. The van der Waals surface area contributed by atoms with E-state index in [1.165, 1.54) is 41.5 Å². The average molecular weight is 527 g/mol. The Bertz CT molecular complexity index is 1530. The standard InChI is InChI=1S/C25H16Cl2N2O5S/c1-34-18-9-5-13(26)10-16(18)22(31)20-21(12-2-6-15(30)7-3-12)29(24(33)23(20)32)25-28-17-8-4-14(27)11-19(17)35-25/h2-11,21,30-31H,1H3/b22-20+. The second-order valence-electron chi connectivity index (χ2n) is 7.71. The van der Waals surface area contributed by atoms with Gasteiger partial charge in [-0.2, -0.15) is 0 Å². The third-order valence-electron chi connectivity index (χ3n) is 5.62. The zero-order valence-electron chi connectivity index (χ0n) is 18.0. The number of phenols is 1. The van der Waals surface area contributed by atoms with E-state index in [1.54, 1.807) is 42.5 Å². The van der Waals surface area contributed by atoms with E-state index >= 15 is 0 Å². The summed E-state index contributed by atoms with van der Waals surface area (Å²) >= 11 is 13.4. The van der Waals surface area contributed by atoms with Crippen LogP contribution in [0.4, 0.5) is 5.13 Å². The van der Waals surface area contributed by atoms with Gasteiger partial charge in [-0.15, -0.1) is 0 Å². The van der Waals surface area contributed by atoms with E-state index in [1.807, 2.05) is 0 Å². The molecule has 176 valence electrons. The second-order valence-corrected chi connectivity index (χ2v) is 9.60. The average Bonchev–Trinajstić information content (AvgIpc) is 3.37. The Morgan fingerprint density at radius 1 is 1.03 bits per heavy atom. The molecule has 10 heteroatoms. The Balaban J connectivity index is 1.76. The van der Waals surface area contributed by atoms with Crippen LogP contribution < -0.4 is 9.64 Å². The van der Waals surface area contributed by atoms with E-state index in [4.69, 9.17) is 27.9 Å². The Kier molecular flexibility index (Phi) is 5.88. The molecule has 3 aromatic carbocycles. The minimum Gasteiger partial charge on any atom is -0.508 e. The topological polar surface area (TPSA) is 100.0 Å². The molecule has 1 fully saturated rings. The number of hydrogen-bond donors (Lipinski definition) is 2. The number of methoxy groups -OCH3 is 1. The Morgan fingerprint density at radius 3 is 2.43 bits per heavy atom. The number of aromatic nitrogens is 1. The first kappa shape index (κ1) is 23.2. The van der Waals surface area contributed by atoms with Gasteiger partial charge >= 0.3 is 5.91 Å². The van der Waals surface area contributed by atoms with Gasteiger partial charge in [-0.25, -0.2) is 4.98 Å². The molecule has 1 unspecified atom stereocenters. The zero-order valence-corrected chi connectivity index (χ0v) is 20.4. The first-order valence-electron chi connectivity index (χ1n) is 10.3. The van der Waals surface area contributed by atoms with Gasteiger partial charge < -0.3 is 14.9 Å². The predicted octanol–water partition coefficient (Wildman–Crippen LogP) is 5.94. The van der Waals surface area contributed by atoms with Gasteiger partial charge in [0.25, 0.3) is 5.78 Å². The molecule has 0 radical (unpaired) electrons. The molecule has 0 bridgehead atoms. The molecule has 1 aliphatic rings. The number of Topliss-reactive ketones (excluding diaryl/α,β-unsaturated/α-hetero) is 1. The molecule has 0 saturated carbocycles. The summed E-state index contributed by atoms with van der Waals surface area (Å²) < 4.78 is 6.08. The van der Waals surface area contributed by atoms with Crippen molar-refractivity contribution in [3.05, 3.63) is 87.4 Å². The van der Waals surface area contributed by atoms with E-state index in [0.717, 1.165) is 4.70 Å². The molecule has 4 aromatic rings. The summed E-state index contributed by atoms with van der Waals surface area (Å²) in [5.41, 5.74) is 1.11. The fourth-order valence-corrected chi connectivity index (χ4v) is 5.44. The van der Waals surface area contributed by atoms with Gasteiger partial charge in [0.2, 0.25) is 0 Å². The number of aromatic hydroxyl groups is 1. The van der Waals surface area contributed by atoms with Crippen LogP contribution in [0.2, 0.25) is 10.0 Å². The molecule has 7 nitrogen and oxygen atoms in total. The third-order valence-corrected chi connectivity index (χ3v) is 7.10. The normalized spacial score (nSPS) is 17.3. The summed E-state index contributed by atoms with van der Waals surface area (Å²) in [5, 5.41) is 22.2. The van der Waals surface area contributed by atoms with Gasteiger partial charge in [-0.3, -0.25) is 14.5 Å². The van der Waals surface area contributed by atoms with Crippen molar-refractivity contribution in [2.75, 3.05) is 12.0 Å². The van der Waals surface area contributed by atoms with Crippen LogP contribution in [-0.2, 0) is 9.59 Å². The van der Waals surface area contributed by atoms with Crippen molar-refractivity contribution >= 4 is 67.3 Å². The SMILES string of the molecule is COc1ccc(Cl)cc1/C(O)=C1\C(=O)C(=O)N(c2nc3ccc(Cl)cc3s2)C1c1ccc(O)cc1. The number of hydrogen-bond acceptors (Lipinski definition) is 7. The summed E-state index contributed by atoms with van der Waals surface area (Å²) in [4.78, 5) is 32.5. The minimum atomic E-state index is -1.02. The number of ether oxygens (including phenoxy) is 1. The van der Waals surface area contributed by atoms with Crippen molar-refractivity contribution in [1.29, 1.82) is 0 Å². The fraction of sp³-hybridized carbons (Fsp3) is 0.0800. The number of fused-ring (bicyclic) bond motifs is 1. The van der Waals surface area contributed by atoms with Crippen molar-refractivity contribution in [3.8, 4) is 11.5 Å². The number of aliphatic hydroxyl groups excluding tert-OH is 1. The van der Waals surface area contributed by atoms with Gasteiger partial charge in [0.1, 0.15) is 17.3 Å². The van der Waals surface area contributed by atoms with E-state index in [-0.39, 0.29) is 27.8 Å². The maximum atomic E-state index is 13.3. The first-order valence-corrected chi connectivity index (χ1v) is 11.9. The second kappa shape index (κ2) is 8.88. The van der Waals surface area contributed by atoms with Gasteiger partial charge in [-0.05, 0) is 54.1 Å². The number of rotatable bonds is 4. The molecule has 1 saturated heterocycles. The monoisotopic (exact) mass is 526 g/mol. The van der Waals surface area contributed by atoms with Crippen molar-refractivity contribution in [1.82, 2.24) is 4.98 Å². The van der Waals surface area contributed by atoms with Crippen molar-refractivity contribution in [3.63, 3.8) is 0 Å². The number of ketones is 1. The molecule has 1 aliphatic heterocycles. The molecular formula is C25H16Cl2N2O5S. The highest BCUT2D eigenvalue weighted by molar-refractivity contribution is 7.22. The lowest BCUT2D eigenvalue weighted by atomic mass is 9.95. The zero-order chi connectivity index (χ0) is 24.9. The van der Waals surface area contributed by atoms with Crippen LogP contribution in [0.5, 0.6) is 11.5 Å². The fourth-order valence-electron chi connectivity index (χ4n) is 4.00. The van der Waals surface area contributed by atoms with Crippen molar-refractivity contribution in [2.24, 2.45) is 0 Å². The van der Waals surface area contributed by atoms with Crippen LogP contribution >= 0.6 is 34.5 Å². The van der Waals surface area contributed by atoms with Gasteiger partial charge in [0.15, 0.2) is 5.13 Å². The molecule has 5 rings (SSSR count). The molecule has 1 aromatic heterocycles. The predicted molar refractivity (Wildman–Crippen MR) is 136 cm³/mol. The van der Waals surface area contributed by atoms with E-state index in [0.29, 0.717) is 21.1 Å². The number of aliphatic hydroxyl groups is 1. The number of benzene rings is 3. The molecule has 2 heterocycles. The smallest absolute Gasteiger partial charge is 0.301 e. The van der Waals surface area contributed by atoms with Crippen LogP contribution in [0.15, 0.2) is 66.2 Å². The lowest BCUT2D eigenvalue weighted by Gasteiger charge is -2.23. The van der Waals surface area contributed by atoms with Crippen LogP contribution in [0, 0.1) is 0 Å². The lowest BCUT2D eigenvalue weighted by Crippen LogP contribution is -2.29. The van der Waals surface area contributed by atoms with E-state index in [9.17, 15) is 19.8 Å². The van der Waals surface area contributed by atoms with Crippen LogP contribution in [0.1, 0.15) is 17.2 Å². The van der Waals surface area contributed by atoms with Crippen molar-refractivity contribution < 1.29 is 24.5 Å². The van der Waals surface area contributed by atoms with Gasteiger partial charge in [0.05, 0.1) is 34.5 Å². The molecule has 0 spiro atoms. The quantitative estimate of drug-likeness (QED) is 0.194. The summed E-state index contributed by atoms with van der Waals surface area (Å²) in [5.74, 6) is -1.89. The van der Waals surface area contributed by atoms with Crippen molar-refractivity contribution in [2.45, 2.75) is 6.04 Å². The summed E-state index contributed by atoms with van der Waals surface area (Å²) in [6, 6.07) is 14.7. The van der Waals surface area contributed by atoms with Gasteiger partial charge in [0, 0.05) is 10.0 Å². The van der Waals surface area contributed by atoms with Crippen LogP contribution in [0.25, 0.3) is 16.0 Å². The molecule has 0 aliphatic carbocycles. The Hall–Kier alpha value is -3.59. The van der Waals surface area contributed by atoms with Crippen LogP contribution in [0.3, 0.4) is 0 Å². The number of nitrogens with zero attached hydrogens (tertiary/aromatic N) is 2. The third kappa shape index (κ3) is 3.99. The largest absolute Gasteiger partial charge is 0.508 e. The molecule has 2 N–H and O–H groups in total. The maximum absolute atomic E-state index is 13.3.